The molecule has 0 spiro atoms. The summed E-state index contributed by atoms with van der Waals surface area (Å²) in [5.74, 6) is 0.106. The predicted molar refractivity (Wildman–Crippen MR) is 97.8 cm³/mol. The van der Waals surface area contributed by atoms with E-state index < -0.39 is 0 Å². The fourth-order valence-corrected chi connectivity index (χ4v) is 3.38. The Balaban J connectivity index is 1.77. The Labute approximate surface area is 144 Å². The molecule has 1 atom stereocenters. The Morgan fingerprint density at radius 2 is 1.38 bits per heavy atom. The fraction of sp³-hybridized carbons (Fsp3) is 0.381. The molecule has 0 unspecified atom stereocenters. The molecule has 1 aliphatic heterocycles. The number of rotatable bonds is 5. The van der Waals surface area contributed by atoms with Crippen molar-refractivity contribution < 1.29 is 4.79 Å². The first kappa shape index (κ1) is 16.7. The molecule has 126 valence electrons. The second-order valence-electron chi connectivity index (χ2n) is 6.54. The zero-order valence-corrected chi connectivity index (χ0v) is 14.3. The van der Waals surface area contributed by atoms with Gasteiger partial charge in [-0.3, -0.25) is 9.69 Å². The van der Waals surface area contributed by atoms with Crippen LogP contribution in [0.4, 0.5) is 0 Å². The zero-order chi connectivity index (χ0) is 16.8. The highest BCUT2D eigenvalue weighted by atomic mass is 16.2. The van der Waals surface area contributed by atoms with E-state index in [9.17, 15) is 4.79 Å². The van der Waals surface area contributed by atoms with Crippen LogP contribution in [0.15, 0.2) is 60.7 Å². The number of hydrogen-bond acceptors (Lipinski definition) is 2. The standard InChI is InChI=1S/C21H26N2O/c1-17(23-15-9-4-10-16-23)21(24)22-20(18-11-5-2-6-12-18)19-13-7-3-8-14-19/h2-3,5-8,11-14,17,20H,4,9-10,15-16H2,1H3,(H,22,24)/t17-/m0/s1. The number of carbonyl (C=O) groups excluding carboxylic acids is 1. The highest BCUT2D eigenvalue weighted by Crippen LogP contribution is 2.22. The molecular formula is C21H26N2O. The molecule has 1 aliphatic rings. The van der Waals surface area contributed by atoms with Crippen LogP contribution in [0.2, 0.25) is 0 Å². The average molecular weight is 322 g/mol. The largest absolute Gasteiger partial charge is 0.344 e. The van der Waals surface area contributed by atoms with Crippen LogP contribution in [0.5, 0.6) is 0 Å². The topological polar surface area (TPSA) is 32.3 Å². The fourth-order valence-electron chi connectivity index (χ4n) is 3.38. The molecule has 0 radical (unpaired) electrons. The molecule has 1 saturated heterocycles. The lowest BCUT2D eigenvalue weighted by molar-refractivity contribution is -0.126. The van der Waals surface area contributed by atoms with Gasteiger partial charge in [0.2, 0.25) is 5.91 Å². The van der Waals surface area contributed by atoms with Gasteiger partial charge in [-0.1, -0.05) is 67.1 Å². The van der Waals surface area contributed by atoms with E-state index >= 15 is 0 Å². The van der Waals surface area contributed by atoms with Crippen molar-refractivity contribution in [3.63, 3.8) is 0 Å². The predicted octanol–water partition coefficient (Wildman–Crippen LogP) is 3.77. The number of nitrogens with zero attached hydrogens (tertiary/aromatic N) is 1. The molecule has 0 bridgehead atoms. The van der Waals surface area contributed by atoms with Crippen molar-refractivity contribution >= 4 is 5.91 Å². The van der Waals surface area contributed by atoms with Gasteiger partial charge >= 0.3 is 0 Å². The van der Waals surface area contributed by atoms with Gasteiger partial charge in [0, 0.05) is 0 Å². The minimum atomic E-state index is -0.104. The number of piperidine rings is 1. The number of carbonyl (C=O) groups is 1. The third-order valence-electron chi connectivity index (χ3n) is 4.87. The summed E-state index contributed by atoms with van der Waals surface area (Å²) < 4.78 is 0. The van der Waals surface area contributed by atoms with Gasteiger partial charge in [0.05, 0.1) is 12.1 Å². The van der Waals surface area contributed by atoms with Crippen LogP contribution in [-0.4, -0.2) is 29.9 Å². The molecule has 2 aromatic rings. The van der Waals surface area contributed by atoms with Crippen LogP contribution in [0, 0.1) is 0 Å². The molecule has 0 aliphatic carbocycles. The summed E-state index contributed by atoms with van der Waals surface area (Å²) in [5, 5.41) is 3.27. The van der Waals surface area contributed by atoms with Gasteiger partial charge in [0.1, 0.15) is 0 Å². The Morgan fingerprint density at radius 1 is 0.875 bits per heavy atom. The lowest BCUT2D eigenvalue weighted by Crippen LogP contribution is -2.48. The van der Waals surface area contributed by atoms with Crippen molar-refractivity contribution in [2.24, 2.45) is 0 Å². The minimum Gasteiger partial charge on any atom is -0.344 e. The van der Waals surface area contributed by atoms with Crippen LogP contribution < -0.4 is 5.32 Å². The van der Waals surface area contributed by atoms with E-state index in [0.717, 1.165) is 24.2 Å². The van der Waals surface area contributed by atoms with E-state index in [1.807, 2.05) is 43.3 Å². The Hall–Kier alpha value is -2.13. The second-order valence-corrected chi connectivity index (χ2v) is 6.54. The van der Waals surface area contributed by atoms with E-state index in [1.165, 1.54) is 19.3 Å². The number of benzene rings is 2. The van der Waals surface area contributed by atoms with Crippen LogP contribution in [-0.2, 0) is 4.79 Å². The van der Waals surface area contributed by atoms with Crippen molar-refractivity contribution in [3.8, 4) is 0 Å². The molecule has 0 saturated carbocycles. The smallest absolute Gasteiger partial charge is 0.237 e. The lowest BCUT2D eigenvalue weighted by atomic mass is 9.98. The maximum Gasteiger partial charge on any atom is 0.237 e. The monoisotopic (exact) mass is 322 g/mol. The van der Waals surface area contributed by atoms with Crippen molar-refractivity contribution in [2.45, 2.75) is 38.3 Å². The highest BCUT2D eigenvalue weighted by Gasteiger charge is 2.25. The van der Waals surface area contributed by atoms with Gasteiger partial charge in [-0.15, -0.1) is 0 Å². The highest BCUT2D eigenvalue weighted by molar-refractivity contribution is 5.82. The van der Waals surface area contributed by atoms with Gasteiger partial charge in [-0.05, 0) is 44.0 Å². The van der Waals surface area contributed by atoms with Crippen LogP contribution in [0.25, 0.3) is 0 Å². The molecule has 1 N–H and O–H groups in total. The number of amides is 1. The first-order valence-corrected chi connectivity index (χ1v) is 8.90. The molecule has 3 heteroatoms. The van der Waals surface area contributed by atoms with Gasteiger partial charge < -0.3 is 5.32 Å². The van der Waals surface area contributed by atoms with E-state index in [2.05, 4.69) is 34.5 Å². The summed E-state index contributed by atoms with van der Waals surface area (Å²) >= 11 is 0. The molecule has 0 aromatic heterocycles. The van der Waals surface area contributed by atoms with Crippen molar-refractivity contribution in [1.29, 1.82) is 0 Å². The zero-order valence-electron chi connectivity index (χ0n) is 14.3. The molecule has 3 rings (SSSR count). The molecule has 1 fully saturated rings. The number of likely N-dealkylation sites (tertiary alicyclic amines) is 1. The first-order valence-electron chi connectivity index (χ1n) is 8.90. The summed E-state index contributed by atoms with van der Waals surface area (Å²) in [7, 11) is 0. The molecule has 1 amide bonds. The normalized spacial score (nSPS) is 16.8. The molecule has 2 aromatic carbocycles. The van der Waals surface area contributed by atoms with E-state index in [4.69, 9.17) is 0 Å². The van der Waals surface area contributed by atoms with Crippen molar-refractivity contribution in [1.82, 2.24) is 10.2 Å². The van der Waals surface area contributed by atoms with Crippen LogP contribution in [0.1, 0.15) is 43.4 Å². The molecular weight excluding hydrogens is 296 g/mol. The molecule has 1 heterocycles. The summed E-state index contributed by atoms with van der Waals surface area (Å²) in [6.07, 6.45) is 3.67. The van der Waals surface area contributed by atoms with Gasteiger partial charge in [0.15, 0.2) is 0 Å². The average Bonchev–Trinajstić information content (AvgIpc) is 2.67. The van der Waals surface area contributed by atoms with Crippen molar-refractivity contribution in [2.75, 3.05) is 13.1 Å². The van der Waals surface area contributed by atoms with Gasteiger partial charge in [-0.2, -0.15) is 0 Å². The van der Waals surface area contributed by atoms with Gasteiger partial charge in [0.25, 0.3) is 0 Å². The van der Waals surface area contributed by atoms with E-state index in [1.54, 1.807) is 0 Å². The maximum atomic E-state index is 12.8. The van der Waals surface area contributed by atoms with Crippen molar-refractivity contribution in [3.05, 3.63) is 71.8 Å². The third-order valence-corrected chi connectivity index (χ3v) is 4.87. The Bertz CT molecular complexity index is 596. The Morgan fingerprint density at radius 3 is 1.88 bits per heavy atom. The third kappa shape index (κ3) is 4.04. The summed E-state index contributed by atoms with van der Waals surface area (Å²) in [5.41, 5.74) is 2.23. The first-order chi connectivity index (χ1) is 11.8. The summed E-state index contributed by atoms with van der Waals surface area (Å²) in [6.45, 7) is 4.07. The SMILES string of the molecule is C[C@@H](C(=O)NC(c1ccccc1)c1ccccc1)N1CCCCC1. The summed E-state index contributed by atoms with van der Waals surface area (Å²) in [4.78, 5) is 15.1. The molecule has 24 heavy (non-hydrogen) atoms. The maximum absolute atomic E-state index is 12.8. The molecule has 3 nitrogen and oxygen atoms in total. The quantitative estimate of drug-likeness (QED) is 0.909. The van der Waals surface area contributed by atoms with Gasteiger partial charge in [-0.25, -0.2) is 0 Å². The number of hydrogen-bond donors (Lipinski definition) is 1. The van der Waals surface area contributed by atoms with E-state index in [-0.39, 0.29) is 18.0 Å². The summed E-state index contributed by atoms with van der Waals surface area (Å²) in [6, 6.07) is 20.2. The van der Waals surface area contributed by atoms with E-state index in [0.29, 0.717) is 0 Å². The van der Waals surface area contributed by atoms with Crippen LogP contribution >= 0.6 is 0 Å². The second kappa shape index (κ2) is 8.11. The Kier molecular flexibility index (Phi) is 5.65. The minimum absolute atomic E-state index is 0.0831. The lowest BCUT2D eigenvalue weighted by Gasteiger charge is -2.32. The van der Waals surface area contributed by atoms with Crippen LogP contribution in [0.3, 0.4) is 0 Å². The number of nitrogens with one attached hydrogen (secondary N) is 1.